The fourth-order valence-corrected chi connectivity index (χ4v) is 8.20. The molecule has 0 fully saturated rings. The molecule has 0 aliphatic rings. The molecule has 0 aromatic carbocycles. The predicted molar refractivity (Wildman–Crippen MR) is 255 cm³/mol. The number of nitrogens with zero attached hydrogens (tertiary/aromatic N) is 1. The maximum Gasteiger partial charge on any atom is 0.306 e. The van der Waals surface area contributed by atoms with Crippen LogP contribution in [-0.4, -0.2) is 70.0 Å². The second kappa shape index (κ2) is 44.0. The third-order valence-corrected chi connectivity index (χ3v) is 12.5. The predicted octanol–water partition coefficient (Wildman–Crippen LogP) is 14.7. The normalized spacial score (nSPS) is 13.5. The van der Waals surface area contributed by atoms with Crippen molar-refractivity contribution in [2.75, 3.05) is 47.5 Å². The lowest BCUT2D eigenvalue weighted by Gasteiger charge is -2.28. The van der Waals surface area contributed by atoms with Crippen LogP contribution in [0.4, 0.5) is 0 Å². The highest BCUT2D eigenvalue weighted by atomic mass is 31.2. The van der Waals surface area contributed by atoms with E-state index >= 15 is 0 Å². The van der Waals surface area contributed by atoms with Crippen molar-refractivity contribution in [1.82, 2.24) is 0 Å². The average molecular weight is 886 g/mol. The van der Waals surface area contributed by atoms with E-state index in [0.717, 1.165) is 38.5 Å². The van der Waals surface area contributed by atoms with Crippen LogP contribution in [0.3, 0.4) is 0 Å². The zero-order chi connectivity index (χ0) is 45.0. The molecule has 2 atom stereocenters. The molecular weight excluding hydrogens is 786 g/mol. The molecule has 0 saturated carbocycles. The fraction of sp³-hybridized carbons (Fsp3) is 0.922. The molecule has 0 saturated heterocycles. The van der Waals surface area contributed by atoms with Gasteiger partial charge in [-0.25, -0.2) is 0 Å². The summed E-state index contributed by atoms with van der Waals surface area (Å²) >= 11 is 0. The summed E-state index contributed by atoms with van der Waals surface area (Å²) in [6.45, 7) is 4.27. The Bertz CT molecular complexity index is 1050. The van der Waals surface area contributed by atoms with E-state index in [1.54, 1.807) is 0 Å². The van der Waals surface area contributed by atoms with Crippen LogP contribution in [0, 0.1) is 0 Å². The van der Waals surface area contributed by atoms with E-state index in [0.29, 0.717) is 17.4 Å². The monoisotopic (exact) mass is 886 g/mol. The molecule has 0 amide bonds. The van der Waals surface area contributed by atoms with Crippen molar-refractivity contribution in [3.8, 4) is 0 Å². The molecule has 9 nitrogen and oxygen atoms in total. The first-order valence-corrected chi connectivity index (χ1v) is 27.4. The molecule has 1 unspecified atom stereocenters. The van der Waals surface area contributed by atoms with Gasteiger partial charge in [0.25, 0.3) is 7.82 Å². The lowest BCUT2D eigenvalue weighted by molar-refractivity contribution is -0.870. The first-order chi connectivity index (χ1) is 29.5. The maximum absolute atomic E-state index is 12.7. The topological polar surface area (TPSA) is 111 Å². The van der Waals surface area contributed by atoms with Gasteiger partial charge in [-0.3, -0.25) is 14.2 Å². The number of unbranched alkanes of at least 4 members (excludes halogenated alkanes) is 32. The van der Waals surface area contributed by atoms with Crippen LogP contribution < -0.4 is 4.89 Å². The Labute approximate surface area is 377 Å². The number of carbonyl (C=O) groups excluding carboxylic acids is 2. The Hall–Kier alpha value is -1.25. The molecule has 0 aliphatic carbocycles. The minimum atomic E-state index is -4.63. The minimum Gasteiger partial charge on any atom is -0.756 e. The number of esters is 2. The summed E-state index contributed by atoms with van der Waals surface area (Å²) < 4.78 is 34.1. The molecule has 0 rings (SSSR count). The number of likely N-dealkylation sites (N-methyl/N-ethyl adjacent to an activating group) is 1. The van der Waals surface area contributed by atoms with E-state index in [1.807, 2.05) is 21.1 Å². The Morgan fingerprint density at radius 3 is 1.21 bits per heavy atom. The number of rotatable bonds is 48. The van der Waals surface area contributed by atoms with Gasteiger partial charge in [-0.05, 0) is 38.5 Å². The number of quaternary nitrogens is 1. The van der Waals surface area contributed by atoms with Gasteiger partial charge in [-0.1, -0.05) is 212 Å². The van der Waals surface area contributed by atoms with E-state index in [-0.39, 0.29) is 32.0 Å². The van der Waals surface area contributed by atoms with Crippen molar-refractivity contribution in [2.45, 2.75) is 258 Å². The first-order valence-electron chi connectivity index (χ1n) is 25.9. The van der Waals surface area contributed by atoms with Gasteiger partial charge < -0.3 is 27.9 Å². The smallest absolute Gasteiger partial charge is 0.306 e. The minimum absolute atomic E-state index is 0.0279. The van der Waals surface area contributed by atoms with Gasteiger partial charge in [0.1, 0.15) is 19.8 Å². The van der Waals surface area contributed by atoms with Gasteiger partial charge in [0.05, 0.1) is 27.7 Å². The molecule has 0 spiro atoms. The van der Waals surface area contributed by atoms with E-state index in [9.17, 15) is 19.0 Å². The average Bonchev–Trinajstić information content (AvgIpc) is 3.21. The highest BCUT2D eigenvalue weighted by Crippen LogP contribution is 2.38. The SMILES string of the molecule is CCCCCCCCCC/C=C\CCCCCCCCCC(=O)OC[C@H](COP(=O)([O-])OCC[N+](C)(C)C)OC(=O)CCCCCCCCCCCCCCCCCCCC. The summed E-state index contributed by atoms with van der Waals surface area (Å²) in [7, 11) is 1.18. The van der Waals surface area contributed by atoms with Crippen molar-refractivity contribution in [3.05, 3.63) is 12.2 Å². The van der Waals surface area contributed by atoms with Crippen LogP contribution in [0.15, 0.2) is 12.2 Å². The highest BCUT2D eigenvalue weighted by molar-refractivity contribution is 7.45. The zero-order valence-electron chi connectivity index (χ0n) is 40.9. The molecule has 10 heteroatoms. The van der Waals surface area contributed by atoms with Crippen LogP contribution in [0.1, 0.15) is 251 Å². The molecule has 0 aromatic rings. The number of carbonyl (C=O) groups is 2. The van der Waals surface area contributed by atoms with Crippen LogP contribution in [0.2, 0.25) is 0 Å². The van der Waals surface area contributed by atoms with Crippen molar-refractivity contribution in [1.29, 1.82) is 0 Å². The summed E-state index contributed by atoms with van der Waals surface area (Å²) in [4.78, 5) is 37.7. The molecule has 0 bridgehead atoms. The number of ether oxygens (including phenoxy) is 2. The van der Waals surface area contributed by atoms with Crippen molar-refractivity contribution < 1.29 is 42.1 Å². The summed E-state index contributed by atoms with van der Waals surface area (Å²) in [5.74, 6) is -0.824. The third-order valence-electron chi connectivity index (χ3n) is 11.5. The van der Waals surface area contributed by atoms with Gasteiger partial charge in [-0.15, -0.1) is 0 Å². The zero-order valence-corrected chi connectivity index (χ0v) is 41.8. The Balaban J connectivity index is 4.22. The van der Waals surface area contributed by atoms with Crippen LogP contribution in [0.5, 0.6) is 0 Å². The van der Waals surface area contributed by atoms with Crippen LogP contribution in [-0.2, 0) is 32.7 Å². The van der Waals surface area contributed by atoms with E-state index in [4.69, 9.17) is 18.5 Å². The third kappa shape index (κ3) is 48.1. The summed E-state index contributed by atoms with van der Waals surface area (Å²) in [6, 6.07) is 0. The highest BCUT2D eigenvalue weighted by Gasteiger charge is 2.21. The number of allylic oxidation sites excluding steroid dienone is 2. The van der Waals surface area contributed by atoms with E-state index in [2.05, 4.69) is 26.0 Å². The Morgan fingerprint density at radius 2 is 0.836 bits per heavy atom. The Morgan fingerprint density at radius 1 is 0.492 bits per heavy atom. The summed E-state index contributed by atoms with van der Waals surface area (Å²) in [5, 5.41) is 0. The quantitative estimate of drug-likeness (QED) is 0.0195. The molecule has 61 heavy (non-hydrogen) atoms. The van der Waals surface area contributed by atoms with Crippen LogP contribution >= 0.6 is 7.82 Å². The molecular formula is C51H100NO8P. The summed E-state index contributed by atoms with van der Waals surface area (Å²) in [6.07, 6.45) is 48.1. The lowest BCUT2D eigenvalue weighted by Crippen LogP contribution is -2.37. The van der Waals surface area contributed by atoms with Gasteiger partial charge in [0.2, 0.25) is 0 Å². The lowest BCUT2D eigenvalue weighted by atomic mass is 10.0. The van der Waals surface area contributed by atoms with E-state index < -0.39 is 26.5 Å². The van der Waals surface area contributed by atoms with Gasteiger partial charge in [0.15, 0.2) is 6.10 Å². The van der Waals surface area contributed by atoms with E-state index in [1.165, 1.54) is 180 Å². The van der Waals surface area contributed by atoms with Crippen molar-refractivity contribution in [3.63, 3.8) is 0 Å². The second-order valence-electron chi connectivity index (χ2n) is 18.9. The summed E-state index contributed by atoms with van der Waals surface area (Å²) in [5.41, 5.74) is 0. The molecule has 0 radical (unpaired) electrons. The number of phosphoric acid groups is 1. The number of hydrogen-bond acceptors (Lipinski definition) is 8. The van der Waals surface area contributed by atoms with Gasteiger partial charge >= 0.3 is 11.9 Å². The largest absolute Gasteiger partial charge is 0.756 e. The molecule has 0 aliphatic heterocycles. The van der Waals surface area contributed by atoms with Crippen molar-refractivity contribution in [2.24, 2.45) is 0 Å². The second-order valence-corrected chi connectivity index (χ2v) is 20.3. The van der Waals surface area contributed by atoms with Gasteiger partial charge in [-0.2, -0.15) is 0 Å². The Kier molecular flexibility index (Phi) is 43.1. The van der Waals surface area contributed by atoms with Gasteiger partial charge in [0, 0.05) is 12.8 Å². The standard InChI is InChI=1S/C51H100NO8P/c1-6-8-10-12-14-16-18-20-22-24-26-28-29-31-33-35-37-39-41-43-50(53)57-47-49(48-59-61(55,56)58-46-45-52(3,4)5)60-51(54)44-42-40-38-36-34-32-30-27-25-23-21-19-17-15-13-11-9-7-2/h24,26,49H,6-23,25,27-48H2,1-5H3/b26-24-/t49-/m1/s1. The molecule has 0 aromatic heterocycles. The first kappa shape index (κ1) is 59.8. The maximum atomic E-state index is 12.7. The van der Waals surface area contributed by atoms with Crippen molar-refractivity contribution >= 4 is 19.8 Å². The molecule has 0 N–H and O–H groups in total. The number of phosphoric ester groups is 1. The number of hydrogen-bond donors (Lipinski definition) is 0. The van der Waals surface area contributed by atoms with Crippen LogP contribution in [0.25, 0.3) is 0 Å². The molecule has 0 heterocycles. The fourth-order valence-electron chi connectivity index (χ4n) is 7.48. The molecule has 362 valence electrons.